The summed E-state index contributed by atoms with van der Waals surface area (Å²) in [7, 11) is 3.76. The Morgan fingerprint density at radius 3 is 2.29 bits per heavy atom. The molecule has 0 spiro atoms. The van der Waals surface area contributed by atoms with Crippen LogP contribution in [0.4, 0.5) is 0 Å². The summed E-state index contributed by atoms with van der Waals surface area (Å²) in [5.41, 5.74) is 10.8. The molecule has 0 radical (unpaired) electrons. The van der Waals surface area contributed by atoms with Gasteiger partial charge >= 0.3 is 5.97 Å². The number of hydrogen-bond donors (Lipinski definition) is 0. The molecule has 45 heavy (non-hydrogen) atoms. The van der Waals surface area contributed by atoms with Gasteiger partial charge in [-0.2, -0.15) is 0 Å². The average Bonchev–Trinajstić information content (AvgIpc) is 3.24. The fourth-order valence-corrected chi connectivity index (χ4v) is 6.44. The van der Waals surface area contributed by atoms with Crippen LogP contribution >= 0.6 is 0 Å². The molecule has 1 aliphatic carbocycles. The van der Waals surface area contributed by atoms with E-state index in [0.717, 1.165) is 37.1 Å². The van der Waals surface area contributed by atoms with Crippen molar-refractivity contribution in [1.29, 1.82) is 0 Å². The van der Waals surface area contributed by atoms with Crippen LogP contribution in [0.15, 0.2) is 91.0 Å². The van der Waals surface area contributed by atoms with Crippen LogP contribution in [0.3, 0.4) is 0 Å². The molecule has 4 aromatic rings. The van der Waals surface area contributed by atoms with Crippen LogP contribution in [0.5, 0.6) is 5.75 Å². The Morgan fingerprint density at radius 1 is 0.844 bits per heavy atom. The molecule has 0 aliphatic heterocycles. The van der Waals surface area contributed by atoms with E-state index in [0.29, 0.717) is 25.6 Å². The lowest BCUT2D eigenvalue weighted by molar-refractivity contribution is -0.154. The average molecular weight is 606 g/mol. The maximum atomic E-state index is 12.1. The number of nitrogens with zero attached hydrogens (tertiary/aromatic N) is 1. The van der Waals surface area contributed by atoms with Crippen molar-refractivity contribution >= 4 is 5.97 Å². The summed E-state index contributed by atoms with van der Waals surface area (Å²) in [5.74, 6) is 0.790. The van der Waals surface area contributed by atoms with Gasteiger partial charge in [0.25, 0.3) is 0 Å². The molecular formula is C40H47NO4. The number of methoxy groups -OCH3 is 1. The number of likely N-dealkylation sites (N-methyl/N-ethyl adjacent to an activating group) is 1. The van der Waals surface area contributed by atoms with Crippen molar-refractivity contribution in [3.8, 4) is 5.75 Å². The summed E-state index contributed by atoms with van der Waals surface area (Å²) in [6.45, 7) is 8.01. The van der Waals surface area contributed by atoms with Crippen LogP contribution in [0, 0.1) is 0 Å². The van der Waals surface area contributed by atoms with E-state index < -0.39 is 6.10 Å². The van der Waals surface area contributed by atoms with Gasteiger partial charge in [-0.05, 0) is 89.9 Å². The molecule has 5 heteroatoms. The van der Waals surface area contributed by atoms with E-state index >= 15 is 0 Å². The first-order chi connectivity index (χ1) is 21.9. The number of rotatable bonds is 13. The van der Waals surface area contributed by atoms with Gasteiger partial charge in [-0.25, -0.2) is 4.79 Å². The van der Waals surface area contributed by atoms with Gasteiger partial charge in [0.1, 0.15) is 12.4 Å². The largest absolute Gasteiger partial charge is 0.492 e. The van der Waals surface area contributed by atoms with Crippen LogP contribution < -0.4 is 4.74 Å². The number of fused-ring (bicyclic) bond motifs is 2. The Labute approximate surface area is 269 Å². The zero-order valence-electron chi connectivity index (χ0n) is 27.4. The summed E-state index contributed by atoms with van der Waals surface area (Å²) in [5, 5.41) is 0. The highest BCUT2D eigenvalue weighted by molar-refractivity contribution is 5.75. The van der Waals surface area contributed by atoms with Crippen LogP contribution in [0.1, 0.15) is 77.2 Å². The molecule has 4 aromatic carbocycles. The molecule has 3 unspecified atom stereocenters. The predicted octanol–water partition coefficient (Wildman–Crippen LogP) is 7.72. The van der Waals surface area contributed by atoms with Gasteiger partial charge in [0.2, 0.25) is 0 Å². The molecule has 0 heterocycles. The topological polar surface area (TPSA) is 48.0 Å². The third-order valence-electron chi connectivity index (χ3n) is 9.17. The second-order valence-electron chi connectivity index (χ2n) is 12.0. The third kappa shape index (κ3) is 7.84. The highest BCUT2D eigenvalue weighted by Crippen LogP contribution is 2.39. The number of carbonyl (C=O) groups excluding carboxylic acids is 1. The standard InChI is InChI=1S/C40H47NO4/c1-6-29-15-22-36-34(25-29)19-17-32-16-18-33(28(3)31-11-9-8-10-12-31)27-37(32)39(36)41(4)23-24-45-35-20-13-30(14-21-35)26-38(43-5)40(42)44-7-2/h8-16,18,20-22,25,27-28,38-39H,6-7,17,19,23-24,26H2,1-5H3. The first-order valence-electron chi connectivity index (χ1n) is 16.3. The Balaban J connectivity index is 1.34. The van der Waals surface area contributed by atoms with E-state index in [2.05, 4.69) is 92.5 Å². The van der Waals surface area contributed by atoms with E-state index in [1.54, 1.807) is 6.92 Å². The lowest BCUT2D eigenvalue weighted by Gasteiger charge is -2.31. The normalized spacial score (nSPS) is 15.5. The highest BCUT2D eigenvalue weighted by atomic mass is 16.6. The smallest absolute Gasteiger partial charge is 0.335 e. The molecule has 0 fully saturated rings. The van der Waals surface area contributed by atoms with E-state index in [-0.39, 0.29) is 12.0 Å². The number of carbonyl (C=O) groups is 1. The van der Waals surface area contributed by atoms with Crippen molar-refractivity contribution in [3.05, 3.63) is 136 Å². The monoisotopic (exact) mass is 605 g/mol. The summed E-state index contributed by atoms with van der Waals surface area (Å²) < 4.78 is 16.7. The van der Waals surface area contributed by atoms with E-state index in [4.69, 9.17) is 14.2 Å². The Morgan fingerprint density at radius 2 is 1.58 bits per heavy atom. The minimum absolute atomic E-state index is 0.145. The number of esters is 1. The van der Waals surface area contributed by atoms with Gasteiger partial charge in [-0.3, -0.25) is 4.90 Å². The zero-order valence-corrected chi connectivity index (χ0v) is 27.4. The SMILES string of the molecule is CCOC(=O)C(Cc1ccc(OCCN(C)C2c3ccc(CC)cc3CCc3ccc(C(C)c4ccccc4)cc32)cc1)OC. The third-order valence-corrected chi connectivity index (χ3v) is 9.17. The molecule has 1 aliphatic rings. The lowest BCUT2D eigenvalue weighted by Crippen LogP contribution is -2.30. The van der Waals surface area contributed by atoms with Crippen molar-refractivity contribution in [1.82, 2.24) is 4.90 Å². The minimum atomic E-state index is -0.611. The van der Waals surface area contributed by atoms with Crippen LogP contribution in [-0.2, 0) is 40.0 Å². The lowest BCUT2D eigenvalue weighted by atomic mass is 9.87. The second kappa shape index (κ2) is 15.4. The Hall–Kier alpha value is -3.93. The molecule has 0 bridgehead atoms. The molecule has 0 N–H and O–H groups in total. The summed E-state index contributed by atoms with van der Waals surface area (Å²) in [6, 6.07) is 33.1. The maximum Gasteiger partial charge on any atom is 0.335 e. The fourth-order valence-electron chi connectivity index (χ4n) is 6.44. The molecule has 3 atom stereocenters. The van der Waals surface area contributed by atoms with Gasteiger partial charge in [-0.1, -0.05) is 92.7 Å². The molecule has 0 amide bonds. The molecule has 0 aromatic heterocycles. The van der Waals surface area contributed by atoms with Crippen molar-refractivity contribution < 1.29 is 19.0 Å². The second-order valence-corrected chi connectivity index (χ2v) is 12.0. The van der Waals surface area contributed by atoms with Crippen molar-refractivity contribution in [3.63, 3.8) is 0 Å². The Bertz CT molecular complexity index is 1550. The number of aryl methyl sites for hydroxylation is 3. The molecule has 0 saturated carbocycles. The summed E-state index contributed by atoms with van der Waals surface area (Å²) in [4.78, 5) is 14.6. The number of benzene rings is 4. The van der Waals surface area contributed by atoms with Crippen molar-refractivity contribution in [2.45, 2.75) is 64.5 Å². The summed E-state index contributed by atoms with van der Waals surface area (Å²) >= 11 is 0. The summed E-state index contributed by atoms with van der Waals surface area (Å²) in [6.07, 6.45) is 2.99. The molecular weight excluding hydrogens is 558 g/mol. The van der Waals surface area contributed by atoms with Crippen molar-refractivity contribution in [2.24, 2.45) is 0 Å². The minimum Gasteiger partial charge on any atom is -0.492 e. The van der Waals surface area contributed by atoms with Gasteiger partial charge < -0.3 is 14.2 Å². The highest BCUT2D eigenvalue weighted by Gasteiger charge is 2.28. The first-order valence-corrected chi connectivity index (χ1v) is 16.3. The number of hydrogen-bond acceptors (Lipinski definition) is 5. The zero-order chi connectivity index (χ0) is 31.8. The van der Waals surface area contributed by atoms with E-state index in [9.17, 15) is 4.79 Å². The van der Waals surface area contributed by atoms with Gasteiger partial charge in [-0.15, -0.1) is 0 Å². The molecule has 0 saturated heterocycles. The van der Waals surface area contributed by atoms with Gasteiger partial charge in [0.15, 0.2) is 6.10 Å². The van der Waals surface area contributed by atoms with Gasteiger partial charge in [0.05, 0.1) is 12.6 Å². The van der Waals surface area contributed by atoms with Crippen LogP contribution in [-0.4, -0.2) is 50.9 Å². The maximum absolute atomic E-state index is 12.1. The van der Waals surface area contributed by atoms with Crippen LogP contribution in [0.25, 0.3) is 0 Å². The van der Waals surface area contributed by atoms with Crippen molar-refractivity contribution in [2.75, 3.05) is 33.9 Å². The Kier molecular flexibility index (Phi) is 11.1. The predicted molar refractivity (Wildman–Crippen MR) is 181 cm³/mol. The first kappa shape index (κ1) is 32.5. The molecule has 5 rings (SSSR count). The fraction of sp³-hybridized carbons (Fsp3) is 0.375. The number of ether oxygens (including phenoxy) is 3. The van der Waals surface area contributed by atoms with E-state index in [1.165, 1.54) is 46.1 Å². The van der Waals surface area contributed by atoms with Crippen LogP contribution in [0.2, 0.25) is 0 Å². The van der Waals surface area contributed by atoms with Gasteiger partial charge in [0, 0.05) is 26.0 Å². The quantitative estimate of drug-likeness (QED) is 0.146. The van der Waals surface area contributed by atoms with E-state index in [1.807, 2.05) is 24.3 Å². The molecule has 236 valence electrons. The molecule has 5 nitrogen and oxygen atoms in total.